The molecule has 5 nitrogen and oxygen atoms in total. The zero-order chi connectivity index (χ0) is 15.2. The second-order valence-electron chi connectivity index (χ2n) is 4.70. The van der Waals surface area contributed by atoms with Crippen molar-refractivity contribution in [3.05, 3.63) is 59.9 Å². The summed E-state index contributed by atoms with van der Waals surface area (Å²) >= 11 is 1.65. The summed E-state index contributed by atoms with van der Waals surface area (Å²) in [6, 6.07) is 13.2. The van der Waals surface area contributed by atoms with Crippen LogP contribution in [-0.2, 0) is 6.42 Å². The molecule has 0 unspecified atom stereocenters. The van der Waals surface area contributed by atoms with Gasteiger partial charge in [0.2, 0.25) is 0 Å². The monoisotopic (exact) mass is 312 g/mol. The van der Waals surface area contributed by atoms with E-state index in [1.54, 1.807) is 17.7 Å². The first-order chi connectivity index (χ1) is 10.8. The second-order valence-corrected chi connectivity index (χ2v) is 5.65. The van der Waals surface area contributed by atoms with E-state index in [9.17, 15) is 4.79 Å². The highest BCUT2D eigenvalue weighted by Crippen LogP contribution is 2.25. The van der Waals surface area contributed by atoms with Crippen molar-refractivity contribution in [2.45, 2.75) is 6.42 Å². The number of benzene rings is 1. The number of para-hydroxylation sites is 1. The zero-order valence-corrected chi connectivity index (χ0v) is 12.7. The molecule has 0 aliphatic carbocycles. The molecule has 0 fully saturated rings. The van der Waals surface area contributed by atoms with E-state index < -0.39 is 0 Å². The van der Waals surface area contributed by atoms with Crippen molar-refractivity contribution >= 4 is 23.1 Å². The molecular formula is C16H16N4OS. The number of urea groups is 1. The van der Waals surface area contributed by atoms with Crippen LogP contribution >= 0.6 is 11.3 Å². The van der Waals surface area contributed by atoms with Gasteiger partial charge in [0, 0.05) is 24.3 Å². The van der Waals surface area contributed by atoms with Gasteiger partial charge in [-0.1, -0.05) is 24.3 Å². The minimum Gasteiger partial charge on any atom is -0.348 e. The number of imidazole rings is 1. The van der Waals surface area contributed by atoms with Gasteiger partial charge in [-0.2, -0.15) is 0 Å². The molecule has 0 radical (unpaired) electrons. The molecule has 0 aliphatic heterocycles. The van der Waals surface area contributed by atoms with Crippen molar-refractivity contribution in [1.82, 2.24) is 15.3 Å². The number of hydrogen-bond acceptors (Lipinski definition) is 3. The topological polar surface area (TPSA) is 69.8 Å². The van der Waals surface area contributed by atoms with Gasteiger partial charge in [0.1, 0.15) is 5.69 Å². The number of anilines is 1. The first kappa shape index (κ1) is 14.3. The number of carbonyl (C=O) groups excluding carboxylic acids is 1. The molecule has 0 aliphatic rings. The van der Waals surface area contributed by atoms with Gasteiger partial charge in [0.25, 0.3) is 0 Å². The van der Waals surface area contributed by atoms with E-state index in [-0.39, 0.29) is 6.03 Å². The number of hydrogen-bond donors (Lipinski definition) is 3. The Morgan fingerprint density at radius 1 is 1.18 bits per heavy atom. The first-order valence-corrected chi connectivity index (χ1v) is 7.87. The summed E-state index contributed by atoms with van der Waals surface area (Å²) in [6.45, 7) is 0.541. The van der Waals surface area contributed by atoms with Gasteiger partial charge in [-0.25, -0.2) is 9.78 Å². The fraction of sp³-hybridized carbons (Fsp3) is 0.125. The Kier molecular flexibility index (Phi) is 4.50. The standard InChI is InChI=1S/C16H16N4OS/c21-16(20-12-5-2-1-3-6-12)17-9-8-13-15(19-11-18-13)14-7-4-10-22-14/h1-7,10-11H,8-9H2,(H,18,19)(H2,17,20,21). The molecule has 0 atom stereocenters. The Morgan fingerprint density at radius 2 is 2.05 bits per heavy atom. The molecule has 2 aromatic heterocycles. The fourth-order valence-corrected chi connectivity index (χ4v) is 2.88. The van der Waals surface area contributed by atoms with Crippen LogP contribution in [-0.4, -0.2) is 22.5 Å². The van der Waals surface area contributed by atoms with Gasteiger partial charge < -0.3 is 15.6 Å². The molecule has 2 amide bonds. The lowest BCUT2D eigenvalue weighted by Gasteiger charge is -2.07. The van der Waals surface area contributed by atoms with Crippen molar-refractivity contribution in [3.63, 3.8) is 0 Å². The molecule has 0 spiro atoms. The van der Waals surface area contributed by atoms with E-state index in [1.165, 1.54) is 0 Å². The van der Waals surface area contributed by atoms with Crippen LogP contribution in [0.5, 0.6) is 0 Å². The third-order valence-corrected chi connectivity index (χ3v) is 4.04. The van der Waals surface area contributed by atoms with Crippen LogP contribution in [0.3, 0.4) is 0 Å². The number of amides is 2. The lowest BCUT2D eigenvalue weighted by molar-refractivity contribution is 0.252. The van der Waals surface area contributed by atoms with Crippen LogP contribution in [0.2, 0.25) is 0 Å². The smallest absolute Gasteiger partial charge is 0.319 e. The van der Waals surface area contributed by atoms with Crippen molar-refractivity contribution < 1.29 is 4.79 Å². The predicted molar refractivity (Wildman–Crippen MR) is 89.1 cm³/mol. The number of aromatic nitrogens is 2. The lowest BCUT2D eigenvalue weighted by Crippen LogP contribution is -2.30. The Morgan fingerprint density at radius 3 is 2.82 bits per heavy atom. The average molecular weight is 312 g/mol. The summed E-state index contributed by atoms with van der Waals surface area (Å²) in [5.41, 5.74) is 2.77. The zero-order valence-electron chi connectivity index (χ0n) is 11.9. The van der Waals surface area contributed by atoms with Crippen LogP contribution in [0.15, 0.2) is 54.2 Å². The van der Waals surface area contributed by atoms with Gasteiger partial charge in [-0.3, -0.25) is 0 Å². The summed E-state index contributed by atoms with van der Waals surface area (Å²) in [5.74, 6) is 0. The van der Waals surface area contributed by atoms with Crippen molar-refractivity contribution in [2.75, 3.05) is 11.9 Å². The molecule has 0 bridgehead atoms. The molecule has 0 saturated carbocycles. The highest BCUT2D eigenvalue weighted by molar-refractivity contribution is 7.13. The molecule has 22 heavy (non-hydrogen) atoms. The molecule has 2 heterocycles. The Bertz CT molecular complexity index is 722. The quantitative estimate of drug-likeness (QED) is 0.675. The summed E-state index contributed by atoms with van der Waals surface area (Å²) in [4.78, 5) is 20.4. The SMILES string of the molecule is O=C(NCCc1[nH]cnc1-c1cccs1)Nc1ccccc1. The van der Waals surface area contributed by atoms with Crippen molar-refractivity contribution in [1.29, 1.82) is 0 Å². The van der Waals surface area contributed by atoms with Crippen LogP contribution < -0.4 is 10.6 Å². The van der Waals surface area contributed by atoms with Crippen LogP contribution in [0.4, 0.5) is 10.5 Å². The molecule has 6 heteroatoms. The largest absolute Gasteiger partial charge is 0.348 e. The van der Waals surface area contributed by atoms with E-state index >= 15 is 0 Å². The number of nitrogens with zero attached hydrogens (tertiary/aromatic N) is 1. The lowest BCUT2D eigenvalue weighted by atomic mass is 10.2. The molecule has 3 rings (SSSR count). The van der Waals surface area contributed by atoms with E-state index in [0.29, 0.717) is 13.0 Å². The maximum absolute atomic E-state index is 11.8. The molecule has 3 N–H and O–H groups in total. The van der Waals surface area contributed by atoms with E-state index in [0.717, 1.165) is 22.0 Å². The molecule has 112 valence electrons. The molecule has 3 aromatic rings. The molecular weight excluding hydrogens is 296 g/mol. The number of H-pyrrole nitrogens is 1. The number of carbonyl (C=O) groups is 1. The average Bonchev–Trinajstić information content (AvgIpc) is 3.19. The minimum absolute atomic E-state index is 0.205. The highest BCUT2D eigenvalue weighted by Gasteiger charge is 2.09. The maximum atomic E-state index is 11.8. The van der Waals surface area contributed by atoms with Gasteiger partial charge in [-0.15, -0.1) is 11.3 Å². The summed E-state index contributed by atoms with van der Waals surface area (Å²) < 4.78 is 0. The maximum Gasteiger partial charge on any atom is 0.319 e. The van der Waals surface area contributed by atoms with Crippen LogP contribution in [0.1, 0.15) is 5.69 Å². The first-order valence-electron chi connectivity index (χ1n) is 6.99. The number of nitrogens with one attached hydrogen (secondary N) is 3. The summed E-state index contributed by atoms with van der Waals surface area (Å²) in [6.07, 6.45) is 2.39. The third kappa shape index (κ3) is 3.53. The number of rotatable bonds is 5. The Labute approximate surface area is 132 Å². The normalized spacial score (nSPS) is 10.4. The predicted octanol–water partition coefficient (Wildman–Crippen LogP) is 3.50. The van der Waals surface area contributed by atoms with Crippen molar-refractivity contribution in [3.8, 4) is 10.6 Å². The van der Waals surface area contributed by atoms with Gasteiger partial charge >= 0.3 is 6.03 Å². The van der Waals surface area contributed by atoms with Crippen molar-refractivity contribution in [2.24, 2.45) is 0 Å². The van der Waals surface area contributed by atoms with E-state index in [1.807, 2.05) is 47.8 Å². The summed E-state index contributed by atoms with van der Waals surface area (Å²) in [5, 5.41) is 7.66. The fourth-order valence-electron chi connectivity index (χ4n) is 2.14. The highest BCUT2D eigenvalue weighted by atomic mass is 32.1. The molecule has 1 aromatic carbocycles. The number of aromatic amines is 1. The Hall–Kier alpha value is -2.60. The van der Waals surface area contributed by atoms with Gasteiger partial charge in [-0.05, 0) is 23.6 Å². The van der Waals surface area contributed by atoms with Crippen LogP contribution in [0.25, 0.3) is 10.6 Å². The van der Waals surface area contributed by atoms with Gasteiger partial charge in [0.15, 0.2) is 0 Å². The minimum atomic E-state index is -0.205. The van der Waals surface area contributed by atoms with Gasteiger partial charge in [0.05, 0.1) is 11.2 Å². The van der Waals surface area contributed by atoms with Crippen LogP contribution in [0, 0.1) is 0 Å². The second kappa shape index (κ2) is 6.91. The van der Waals surface area contributed by atoms with E-state index in [4.69, 9.17) is 0 Å². The summed E-state index contributed by atoms with van der Waals surface area (Å²) in [7, 11) is 0. The van der Waals surface area contributed by atoms with E-state index in [2.05, 4.69) is 20.6 Å². The third-order valence-electron chi connectivity index (χ3n) is 3.17. The Balaban J connectivity index is 1.52. The number of thiophene rings is 1. The molecule has 0 saturated heterocycles.